The summed E-state index contributed by atoms with van der Waals surface area (Å²) in [5, 5.41) is 18.0. The standard InChI is InChI=1S/C10H13N7O3/c1-16-6-14-7(15-16)3-4-11-9-8(17(18)19)10(20-2)13-5-12-9/h5-6H,3-4H2,1-2H3,(H,11,12,13). The Kier molecular flexibility index (Phi) is 4.03. The summed E-state index contributed by atoms with van der Waals surface area (Å²) in [5.74, 6) is 0.671. The summed E-state index contributed by atoms with van der Waals surface area (Å²) in [6.07, 6.45) is 3.31. The SMILES string of the molecule is COc1ncnc(NCCc2ncn(C)n2)c1[N+](=O)[O-]. The highest BCUT2D eigenvalue weighted by Crippen LogP contribution is 2.30. The molecule has 2 rings (SSSR count). The van der Waals surface area contributed by atoms with Crippen molar-refractivity contribution in [3.8, 4) is 5.88 Å². The van der Waals surface area contributed by atoms with Gasteiger partial charge < -0.3 is 10.1 Å². The molecular weight excluding hydrogens is 266 g/mol. The van der Waals surface area contributed by atoms with Crippen molar-refractivity contribution in [2.45, 2.75) is 6.42 Å². The topological polar surface area (TPSA) is 121 Å². The Morgan fingerprint density at radius 1 is 1.45 bits per heavy atom. The predicted molar refractivity (Wildman–Crippen MR) is 68.4 cm³/mol. The first-order chi connectivity index (χ1) is 9.61. The molecule has 20 heavy (non-hydrogen) atoms. The van der Waals surface area contributed by atoms with Crippen LogP contribution in [0.3, 0.4) is 0 Å². The molecule has 0 aliphatic rings. The quantitative estimate of drug-likeness (QED) is 0.587. The fourth-order valence-electron chi connectivity index (χ4n) is 1.60. The maximum absolute atomic E-state index is 11.0. The maximum Gasteiger partial charge on any atom is 0.372 e. The van der Waals surface area contributed by atoms with Gasteiger partial charge in [-0.25, -0.2) is 9.97 Å². The Labute approximate surface area is 114 Å². The average molecular weight is 279 g/mol. The minimum absolute atomic E-state index is 0.0801. The highest BCUT2D eigenvalue weighted by molar-refractivity contribution is 5.61. The van der Waals surface area contributed by atoms with Crippen molar-refractivity contribution in [1.29, 1.82) is 0 Å². The van der Waals surface area contributed by atoms with Crippen LogP contribution in [0.25, 0.3) is 0 Å². The second-order valence-corrected chi connectivity index (χ2v) is 3.85. The summed E-state index contributed by atoms with van der Waals surface area (Å²) in [6, 6.07) is 0. The summed E-state index contributed by atoms with van der Waals surface area (Å²) in [6.45, 7) is 0.408. The molecule has 0 saturated heterocycles. The fraction of sp³-hybridized carbons (Fsp3) is 0.400. The summed E-state index contributed by atoms with van der Waals surface area (Å²) < 4.78 is 6.44. The zero-order valence-corrected chi connectivity index (χ0v) is 11.0. The van der Waals surface area contributed by atoms with E-state index in [2.05, 4.69) is 25.4 Å². The van der Waals surface area contributed by atoms with Gasteiger partial charge in [0.2, 0.25) is 5.82 Å². The van der Waals surface area contributed by atoms with Crippen LogP contribution in [0.2, 0.25) is 0 Å². The van der Waals surface area contributed by atoms with Crippen LogP contribution >= 0.6 is 0 Å². The molecule has 2 aromatic heterocycles. The molecule has 0 unspecified atom stereocenters. The van der Waals surface area contributed by atoms with Gasteiger partial charge in [-0.15, -0.1) is 0 Å². The number of ether oxygens (including phenoxy) is 1. The summed E-state index contributed by atoms with van der Waals surface area (Å²) in [5.41, 5.74) is -0.288. The number of hydrogen-bond acceptors (Lipinski definition) is 8. The van der Waals surface area contributed by atoms with Gasteiger partial charge in [0.05, 0.1) is 12.0 Å². The molecule has 0 aliphatic carbocycles. The van der Waals surface area contributed by atoms with Gasteiger partial charge in [0.15, 0.2) is 5.82 Å². The molecule has 2 aromatic rings. The molecule has 0 saturated carbocycles. The minimum Gasteiger partial charge on any atom is -0.476 e. The van der Waals surface area contributed by atoms with Crippen molar-refractivity contribution in [1.82, 2.24) is 24.7 Å². The van der Waals surface area contributed by atoms with Crippen molar-refractivity contribution in [3.05, 3.63) is 28.6 Å². The van der Waals surface area contributed by atoms with Crippen LogP contribution in [0, 0.1) is 10.1 Å². The first-order valence-corrected chi connectivity index (χ1v) is 5.73. The molecule has 106 valence electrons. The molecule has 0 atom stereocenters. The van der Waals surface area contributed by atoms with Crippen LogP contribution in [0.4, 0.5) is 11.5 Å². The molecule has 2 heterocycles. The first-order valence-electron chi connectivity index (χ1n) is 5.73. The monoisotopic (exact) mass is 279 g/mol. The third-order valence-corrected chi connectivity index (χ3v) is 2.45. The molecule has 0 amide bonds. The van der Waals surface area contributed by atoms with Gasteiger partial charge in [-0.05, 0) is 0 Å². The van der Waals surface area contributed by atoms with Gasteiger partial charge in [-0.2, -0.15) is 10.1 Å². The van der Waals surface area contributed by atoms with E-state index < -0.39 is 4.92 Å². The van der Waals surface area contributed by atoms with Crippen molar-refractivity contribution < 1.29 is 9.66 Å². The van der Waals surface area contributed by atoms with Crippen molar-refractivity contribution in [2.75, 3.05) is 19.0 Å². The Balaban J connectivity index is 2.07. The smallest absolute Gasteiger partial charge is 0.372 e. The second-order valence-electron chi connectivity index (χ2n) is 3.85. The van der Waals surface area contributed by atoms with E-state index in [0.29, 0.717) is 18.8 Å². The van der Waals surface area contributed by atoms with Crippen LogP contribution in [-0.2, 0) is 13.5 Å². The first kappa shape index (κ1) is 13.6. The number of aromatic nitrogens is 5. The lowest BCUT2D eigenvalue weighted by atomic mass is 10.4. The number of rotatable bonds is 6. The van der Waals surface area contributed by atoms with Crippen LogP contribution in [0.15, 0.2) is 12.7 Å². The maximum atomic E-state index is 11.0. The third kappa shape index (κ3) is 2.96. The summed E-state index contributed by atoms with van der Waals surface area (Å²) >= 11 is 0. The highest BCUT2D eigenvalue weighted by atomic mass is 16.6. The lowest BCUT2D eigenvalue weighted by molar-refractivity contribution is -0.385. The number of methoxy groups -OCH3 is 1. The molecule has 10 heteroatoms. The third-order valence-electron chi connectivity index (χ3n) is 2.45. The van der Waals surface area contributed by atoms with Crippen LogP contribution in [-0.4, -0.2) is 43.3 Å². The van der Waals surface area contributed by atoms with E-state index >= 15 is 0 Å². The summed E-state index contributed by atoms with van der Waals surface area (Å²) in [7, 11) is 3.08. The van der Waals surface area contributed by atoms with E-state index in [1.54, 1.807) is 18.1 Å². The predicted octanol–water partition coefficient (Wildman–Crippen LogP) is 0.176. The zero-order valence-electron chi connectivity index (χ0n) is 11.0. The van der Waals surface area contributed by atoms with Gasteiger partial charge in [-0.3, -0.25) is 14.8 Å². The van der Waals surface area contributed by atoms with E-state index in [1.165, 1.54) is 13.4 Å². The lowest BCUT2D eigenvalue weighted by Gasteiger charge is -2.06. The average Bonchev–Trinajstić information content (AvgIpc) is 2.83. The number of nitrogens with zero attached hydrogens (tertiary/aromatic N) is 6. The Hall–Kier alpha value is -2.78. The molecule has 0 fully saturated rings. The fourth-order valence-corrected chi connectivity index (χ4v) is 1.60. The van der Waals surface area contributed by atoms with Gasteiger partial charge >= 0.3 is 5.69 Å². The Morgan fingerprint density at radius 2 is 2.25 bits per heavy atom. The molecule has 0 aliphatic heterocycles. The number of hydrogen-bond donors (Lipinski definition) is 1. The van der Waals surface area contributed by atoms with Gasteiger partial charge in [-0.1, -0.05) is 0 Å². The normalized spacial score (nSPS) is 10.3. The van der Waals surface area contributed by atoms with E-state index in [1.807, 2.05) is 0 Å². The van der Waals surface area contributed by atoms with E-state index in [9.17, 15) is 10.1 Å². The number of nitrogens with one attached hydrogen (secondary N) is 1. The van der Waals surface area contributed by atoms with Gasteiger partial charge in [0.25, 0.3) is 5.88 Å². The summed E-state index contributed by atoms with van der Waals surface area (Å²) in [4.78, 5) is 22.1. The molecular formula is C10H13N7O3. The van der Waals surface area contributed by atoms with Crippen molar-refractivity contribution >= 4 is 11.5 Å². The Morgan fingerprint density at radius 3 is 2.85 bits per heavy atom. The second kappa shape index (κ2) is 5.91. The molecule has 0 bridgehead atoms. The molecule has 0 radical (unpaired) electrons. The van der Waals surface area contributed by atoms with Crippen molar-refractivity contribution in [3.63, 3.8) is 0 Å². The number of nitro groups is 1. The lowest BCUT2D eigenvalue weighted by Crippen LogP contribution is -2.10. The van der Waals surface area contributed by atoms with E-state index in [4.69, 9.17) is 4.74 Å². The van der Waals surface area contributed by atoms with E-state index in [-0.39, 0.29) is 17.4 Å². The molecule has 1 N–H and O–H groups in total. The van der Waals surface area contributed by atoms with E-state index in [0.717, 1.165) is 0 Å². The van der Waals surface area contributed by atoms with Gasteiger partial charge in [0, 0.05) is 20.0 Å². The minimum atomic E-state index is -0.583. The van der Waals surface area contributed by atoms with Gasteiger partial charge in [0.1, 0.15) is 12.7 Å². The number of aryl methyl sites for hydroxylation is 1. The van der Waals surface area contributed by atoms with Crippen molar-refractivity contribution in [2.24, 2.45) is 7.05 Å². The zero-order chi connectivity index (χ0) is 14.5. The molecule has 0 aromatic carbocycles. The Bertz CT molecular complexity index is 613. The largest absolute Gasteiger partial charge is 0.476 e. The van der Waals surface area contributed by atoms with Crippen LogP contribution < -0.4 is 10.1 Å². The highest BCUT2D eigenvalue weighted by Gasteiger charge is 2.23. The van der Waals surface area contributed by atoms with Crippen LogP contribution in [0.5, 0.6) is 5.88 Å². The molecule has 0 spiro atoms. The number of anilines is 1. The van der Waals surface area contributed by atoms with Crippen LogP contribution in [0.1, 0.15) is 5.82 Å². The molecule has 10 nitrogen and oxygen atoms in total.